The molecular weight excluding hydrogens is 464 g/mol. The van der Waals surface area contributed by atoms with Crippen LogP contribution in [0.5, 0.6) is 0 Å². The van der Waals surface area contributed by atoms with Gasteiger partial charge >= 0.3 is 5.97 Å². The van der Waals surface area contributed by atoms with Crippen molar-refractivity contribution < 1.29 is 19.2 Å². The molecule has 2 unspecified atom stereocenters. The standard InChI is InChI=1S/C27H24N2O5S/c30-25-15-14-21-20(12-7-13-22(21)29(32)33)23-16-35-17-24(28(23)25)27(31)34-26(18-8-3-1-4-9-18)19-10-5-2-6-11-19/h1-13,23-24,26H,14-17H2. The highest BCUT2D eigenvalue weighted by molar-refractivity contribution is 7.99. The van der Waals surface area contributed by atoms with Crippen molar-refractivity contribution in [3.05, 3.63) is 111 Å². The smallest absolute Gasteiger partial charge is 0.330 e. The largest absolute Gasteiger partial charge is 0.451 e. The monoisotopic (exact) mass is 488 g/mol. The van der Waals surface area contributed by atoms with Crippen molar-refractivity contribution in [3.63, 3.8) is 0 Å². The first-order chi connectivity index (χ1) is 17.0. The molecule has 2 aliphatic rings. The molecule has 5 rings (SSSR count). The molecule has 0 spiro atoms. The first-order valence-electron chi connectivity index (χ1n) is 11.5. The van der Waals surface area contributed by atoms with Crippen LogP contribution in [0, 0.1) is 10.1 Å². The van der Waals surface area contributed by atoms with E-state index < -0.39 is 29.1 Å². The van der Waals surface area contributed by atoms with Crippen molar-refractivity contribution in [2.45, 2.75) is 31.0 Å². The predicted molar refractivity (Wildman–Crippen MR) is 133 cm³/mol. The Balaban J connectivity index is 1.48. The summed E-state index contributed by atoms with van der Waals surface area (Å²) in [5.41, 5.74) is 3.04. The van der Waals surface area contributed by atoms with E-state index in [-0.39, 0.29) is 24.4 Å². The topological polar surface area (TPSA) is 89.7 Å². The van der Waals surface area contributed by atoms with Crippen molar-refractivity contribution in [1.82, 2.24) is 4.90 Å². The predicted octanol–water partition coefficient (Wildman–Crippen LogP) is 4.86. The van der Waals surface area contributed by atoms with Crippen LogP contribution in [0.1, 0.15) is 40.8 Å². The van der Waals surface area contributed by atoms with Crippen LogP contribution in [0.2, 0.25) is 0 Å². The summed E-state index contributed by atoms with van der Waals surface area (Å²) in [4.78, 5) is 39.7. The number of esters is 1. The highest BCUT2D eigenvalue weighted by Gasteiger charge is 2.44. The minimum Gasteiger partial charge on any atom is -0.451 e. The van der Waals surface area contributed by atoms with Gasteiger partial charge in [-0.05, 0) is 23.1 Å². The number of carbonyl (C=O) groups is 2. The number of ether oxygens (including phenoxy) is 1. The summed E-state index contributed by atoms with van der Waals surface area (Å²) in [6, 6.07) is 22.8. The summed E-state index contributed by atoms with van der Waals surface area (Å²) in [7, 11) is 0. The van der Waals surface area contributed by atoms with Crippen LogP contribution in [-0.2, 0) is 20.7 Å². The molecule has 1 amide bonds. The van der Waals surface area contributed by atoms with E-state index in [0.29, 0.717) is 17.1 Å². The van der Waals surface area contributed by atoms with Gasteiger partial charge in [0, 0.05) is 29.6 Å². The number of carbonyl (C=O) groups excluding carboxylic acids is 2. The number of nitro groups is 1. The van der Waals surface area contributed by atoms with Gasteiger partial charge in [0.25, 0.3) is 5.69 Å². The number of hydrogen-bond acceptors (Lipinski definition) is 6. The average molecular weight is 489 g/mol. The van der Waals surface area contributed by atoms with E-state index in [1.165, 1.54) is 6.07 Å². The lowest BCUT2D eigenvalue weighted by atomic mass is 9.97. The number of nitrogens with zero attached hydrogens (tertiary/aromatic N) is 2. The molecule has 8 heteroatoms. The molecule has 2 heterocycles. The van der Waals surface area contributed by atoms with Crippen molar-refractivity contribution in [2.24, 2.45) is 0 Å². The Morgan fingerprint density at radius 2 is 1.60 bits per heavy atom. The van der Waals surface area contributed by atoms with E-state index in [1.54, 1.807) is 22.7 Å². The third kappa shape index (κ3) is 4.53. The Bertz CT molecular complexity index is 1210. The number of rotatable bonds is 5. The molecule has 2 aliphatic heterocycles. The number of hydrogen-bond donors (Lipinski definition) is 0. The van der Waals surface area contributed by atoms with E-state index in [4.69, 9.17) is 4.74 Å². The van der Waals surface area contributed by atoms with Gasteiger partial charge in [0.2, 0.25) is 5.91 Å². The molecule has 0 saturated carbocycles. The number of benzene rings is 3. The molecule has 1 saturated heterocycles. The van der Waals surface area contributed by atoms with Gasteiger partial charge < -0.3 is 9.64 Å². The molecule has 178 valence electrons. The van der Waals surface area contributed by atoms with Crippen molar-refractivity contribution in [1.29, 1.82) is 0 Å². The second kappa shape index (κ2) is 9.92. The third-order valence-electron chi connectivity index (χ3n) is 6.55. The summed E-state index contributed by atoms with van der Waals surface area (Å²) in [6.07, 6.45) is -0.212. The van der Waals surface area contributed by atoms with Gasteiger partial charge in [0.15, 0.2) is 6.10 Å². The first-order valence-corrected chi connectivity index (χ1v) is 12.7. The minimum absolute atomic E-state index is 0.0278. The van der Waals surface area contributed by atoms with Gasteiger partial charge in [-0.15, -0.1) is 0 Å². The summed E-state index contributed by atoms with van der Waals surface area (Å²) in [6.45, 7) is 0. The first kappa shape index (κ1) is 23.1. The summed E-state index contributed by atoms with van der Waals surface area (Å²) >= 11 is 1.56. The molecule has 0 radical (unpaired) electrons. The second-order valence-electron chi connectivity index (χ2n) is 8.61. The number of nitro benzene ring substituents is 1. The van der Waals surface area contributed by atoms with Gasteiger partial charge in [-0.25, -0.2) is 4.79 Å². The summed E-state index contributed by atoms with van der Waals surface area (Å²) in [5.74, 6) is 0.340. The molecule has 3 aromatic carbocycles. The Morgan fingerprint density at radius 1 is 0.943 bits per heavy atom. The van der Waals surface area contributed by atoms with E-state index in [0.717, 1.165) is 16.7 Å². The number of thioether (sulfide) groups is 1. The van der Waals surface area contributed by atoms with Crippen molar-refractivity contribution >= 4 is 29.3 Å². The maximum atomic E-state index is 13.6. The fraction of sp³-hybridized carbons (Fsp3) is 0.259. The molecule has 0 aliphatic carbocycles. The lowest BCUT2D eigenvalue weighted by Crippen LogP contribution is -2.52. The SMILES string of the molecule is O=C(OC(c1ccccc1)c1ccccc1)C1CSCC2c3cccc([N+](=O)[O-])c3CCC(=O)N12. The van der Waals surface area contributed by atoms with Gasteiger partial charge in [-0.2, -0.15) is 11.8 Å². The molecule has 0 bridgehead atoms. The minimum atomic E-state index is -0.772. The summed E-state index contributed by atoms with van der Waals surface area (Å²) < 4.78 is 6.10. The fourth-order valence-electron chi connectivity index (χ4n) is 4.93. The van der Waals surface area contributed by atoms with Gasteiger partial charge in [0.05, 0.1) is 11.0 Å². The maximum absolute atomic E-state index is 13.6. The highest BCUT2D eigenvalue weighted by Crippen LogP contribution is 2.41. The van der Waals surface area contributed by atoms with E-state index in [9.17, 15) is 19.7 Å². The Labute approximate surface area is 207 Å². The Kier molecular flexibility index (Phi) is 6.55. The summed E-state index contributed by atoms with van der Waals surface area (Å²) in [5, 5.41) is 11.6. The quantitative estimate of drug-likeness (QED) is 0.290. The number of fused-ring (bicyclic) bond motifs is 3. The molecule has 0 N–H and O–H groups in total. The zero-order valence-corrected chi connectivity index (χ0v) is 19.7. The lowest BCUT2D eigenvalue weighted by Gasteiger charge is -2.40. The van der Waals surface area contributed by atoms with Crippen LogP contribution in [0.15, 0.2) is 78.9 Å². The maximum Gasteiger partial charge on any atom is 0.330 e. The normalized spacial score (nSPS) is 19.5. The van der Waals surface area contributed by atoms with Crippen LogP contribution >= 0.6 is 11.8 Å². The van der Waals surface area contributed by atoms with E-state index in [2.05, 4.69) is 0 Å². The van der Waals surface area contributed by atoms with Gasteiger partial charge in [0.1, 0.15) is 6.04 Å². The van der Waals surface area contributed by atoms with Crippen molar-refractivity contribution in [2.75, 3.05) is 11.5 Å². The zero-order valence-electron chi connectivity index (χ0n) is 18.9. The zero-order chi connectivity index (χ0) is 24.4. The van der Waals surface area contributed by atoms with Crippen LogP contribution in [0.25, 0.3) is 0 Å². The van der Waals surface area contributed by atoms with Crippen molar-refractivity contribution in [3.8, 4) is 0 Å². The molecular formula is C27H24N2O5S. The molecule has 0 aromatic heterocycles. The van der Waals surface area contributed by atoms with Gasteiger partial charge in [-0.1, -0.05) is 72.8 Å². The molecule has 2 atom stereocenters. The number of amides is 1. The Hall–Kier alpha value is -3.65. The Morgan fingerprint density at radius 3 is 2.23 bits per heavy atom. The average Bonchev–Trinajstić information content (AvgIpc) is 3.04. The molecule has 1 fully saturated rings. The molecule has 3 aromatic rings. The van der Waals surface area contributed by atoms with Crippen LogP contribution < -0.4 is 0 Å². The highest BCUT2D eigenvalue weighted by atomic mass is 32.2. The third-order valence-corrected chi connectivity index (χ3v) is 7.66. The van der Waals surface area contributed by atoms with Crippen LogP contribution in [-0.4, -0.2) is 39.2 Å². The van der Waals surface area contributed by atoms with E-state index in [1.807, 2.05) is 66.7 Å². The van der Waals surface area contributed by atoms with Gasteiger partial charge in [-0.3, -0.25) is 14.9 Å². The second-order valence-corrected chi connectivity index (χ2v) is 9.69. The van der Waals surface area contributed by atoms with Crippen LogP contribution in [0.4, 0.5) is 5.69 Å². The lowest BCUT2D eigenvalue weighted by molar-refractivity contribution is -0.385. The molecule has 7 nitrogen and oxygen atoms in total. The van der Waals surface area contributed by atoms with Crippen LogP contribution in [0.3, 0.4) is 0 Å². The molecule has 35 heavy (non-hydrogen) atoms. The van der Waals surface area contributed by atoms with E-state index >= 15 is 0 Å². The fourth-order valence-corrected chi connectivity index (χ4v) is 6.14.